The van der Waals surface area contributed by atoms with Crippen LogP contribution in [0.5, 0.6) is 5.75 Å². The Morgan fingerprint density at radius 2 is 2.21 bits per heavy atom. The first-order valence-electron chi connectivity index (χ1n) is 9.17. The van der Waals surface area contributed by atoms with E-state index in [0.29, 0.717) is 23.1 Å². The van der Waals surface area contributed by atoms with Crippen molar-refractivity contribution >= 4 is 34.0 Å². The van der Waals surface area contributed by atoms with E-state index in [0.717, 1.165) is 16.8 Å². The highest BCUT2D eigenvalue weighted by molar-refractivity contribution is 7.14. The van der Waals surface area contributed by atoms with Crippen LogP contribution in [0.25, 0.3) is 11.3 Å². The lowest BCUT2D eigenvalue weighted by Crippen LogP contribution is -2.28. The lowest BCUT2D eigenvalue weighted by molar-refractivity contribution is -0.122. The molecule has 7 nitrogen and oxygen atoms in total. The maximum absolute atomic E-state index is 12.7. The number of anilines is 2. The number of aryl methyl sites for hydroxylation is 1. The van der Waals surface area contributed by atoms with E-state index in [1.165, 1.54) is 11.3 Å². The summed E-state index contributed by atoms with van der Waals surface area (Å²) in [6, 6.07) is 9.41. The fraction of sp³-hybridized carbons (Fsp3) is 0.238. The Morgan fingerprint density at radius 1 is 1.34 bits per heavy atom. The molecule has 0 radical (unpaired) electrons. The molecule has 1 unspecified atom stereocenters. The van der Waals surface area contributed by atoms with E-state index in [9.17, 15) is 9.59 Å². The highest BCUT2D eigenvalue weighted by atomic mass is 32.1. The highest BCUT2D eigenvalue weighted by Gasteiger charge is 2.36. The minimum atomic E-state index is -0.446. The topological polar surface area (TPSA) is 84.4 Å². The Labute approximate surface area is 172 Å². The summed E-state index contributed by atoms with van der Waals surface area (Å²) in [5, 5.41) is 5.22. The first kappa shape index (κ1) is 19.1. The molecule has 1 fully saturated rings. The van der Waals surface area contributed by atoms with Gasteiger partial charge in [0.1, 0.15) is 5.75 Å². The lowest BCUT2D eigenvalue weighted by atomic mass is 10.1. The fourth-order valence-corrected chi connectivity index (χ4v) is 4.04. The van der Waals surface area contributed by atoms with Gasteiger partial charge in [-0.1, -0.05) is 6.07 Å². The number of amides is 2. The predicted octanol–water partition coefficient (Wildman–Crippen LogP) is 3.51. The van der Waals surface area contributed by atoms with Crippen LogP contribution in [-0.2, 0) is 9.59 Å². The monoisotopic (exact) mass is 408 g/mol. The van der Waals surface area contributed by atoms with Crippen LogP contribution in [0.2, 0.25) is 0 Å². The summed E-state index contributed by atoms with van der Waals surface area (Å²) >= 11 is 1.35. The van der Waals surface area contributed by atoms with E-state index in [1.807, 2.05) is 42.6 Å². The SMILES string of the molecule is COc1ccc(C)cc1N1CC(C(=O)Nc2nc(-c3cccnc3)cs2)CC1=O. The number of ether oxygens (including phenoxy) is 1. The summed E-state index contributed by atoms with van der Waals surface area (Å²) in [5.74, 6) is -0.131. The van der Waals surface area contributed by atoms with Crippen LogP contribution in [-0.4, -0.2) is 35.4 Å². The van der Waals surface area contributed by atoms with E-state index in [4.69, 9.17) is 4.74 Å². The van der Waals surface area contributed by atoms with Crippen LogP contribution in [0, 0.1) is 12.8 Å². The number of methoxy groups -OCH3 is 1. The zero-order chi connectivity index (χ0) is 20.4. The molecule has 2 amide bonds. The van der Waals surface area contributed by atoms with Crippen LogP contribution in [0.15, 0.2) is 48.1 Å². The zero-order valence-corrected chi connectivity index (χ0v) is 16.9. The average Bonchev–Trinajstić information content (AvgIpc) is 3.35. The van der Waals surface area contributed by atoms with E-state index in [-0.39, 0.29) is 18.2 Å². The third kappa shape index (κ3) is 3.97. The van der Waals surface area contributed by atoms with Crippen molar-refractivity contribution in [3.05, 3.63) is 53.7 Å². The molecule has 1 saturated heterocycles. The number of benzene rings is 1. The number of carbonyl (C=O) groups excluding carboxylic acids is 2. The number of rotatable bonds is 5. The Hall–Kier alpha value is -3.26. The van der Waals surface area contributed by atoms with Gasteiger partial charge in [0.25, 0.3) is 0 Å². The molecule has 1 aromatic carbocycles. The normalized spacial score (nSPS) is 16.1. The first-order chi connectivity index (χ1) is 14.0. The predicted molar refractivity (Wildman–Crippen MR) is 112 cm³/mol. The minimum absolute atomic E-state index is 0.0933. The Balaban J connectivity index is 1.46. The van der Waals surface area contributed by atoms with Crippen molar-refractivity contribution in [3.8, 4) is 17.0 Å². The van der Waals surface area contributed by atoms with Gasteiger partial charge in [-0.25, -0.2) is 4.98 Å². The van der Waals surface area contributed by atoms with E-state index >= 15 is 0 Å². The van der Waals surface area contributed by atoms with Gasteiger partial charge in [0.05, 0.1) is 24.4 Å². The van der Waals surface area contributed by atoms with Crippen LogP contribution < -0.4 is 15.0 Å². The number of thiazole rings is 1. The second-order valence-corrected chi connectivity index (χ2v) is 7.71. The van der Waals surface area contributed by atoms with Crippen molar-refractivity contribution in [2.24, 2.45) is 5.92 Å². The molecule has 1 atom stereocenters. The summed E-state index contributed by atoms with van der Waals surface area (Å²) in [6.45, 7) is 2.27. The third-order valence-electron chi connectivity index (χ3n) is 4.81. The van der Waals surface area contributed by atoms with Gasteiger partial charge >= 0.3 is 0 Å². The number of pyridine rings is 1. The molecule has 0 aliphatic carbocycles. The molecule has 0 saturated carbocycles. The Bertz CT molecular complexity index is 1050. The summed E-state index contributed by atoms with van der Waals surface area (Å²) in [7, 11) is 1.57. The van der Waals surface area contributed by atoms with Crippen LogP contribution >= 0.6 is 11.3 Å². The van der Waals surface area contributed by atoms with Crippen molar-refractivity contribution in [1.29, 1.82) is 0 Å². The van der Waals surface area contributed by atoms with E-state index in [1.54, 1.807) is 24.4 Å². The van der Waals surface area contributed by atoms with Crippen LogP contribution in [0.1, 0.15) is 12.0 Å². The molecular formula is C21H20N4O3S. The van der Waals surface area contributed by atoms with Gasteiger partial charge in [-0.3, -0.25) is 14.6 Å². The van der Waals surface area contributed by atoms with Gasteiger partial charge in [-0.05, 0) is 36.8 Å². The van der Waals surface area contributed by atoms with Crippen LogP contribution in [0.3, 0.4) is 0 Å². The van der Waals surface area contributed by atoms with Gasteiger partial charge in [-0.15, -0.1) is 11.3 Å². The number of hydrogen-bond donors (Lipinski definition) is 1. The van der Waals surface area contributed by atoms with E-state index in [2.05, 4.69) is 15.3 Å². The molecule has 0 spiro atoms. The van der Waals surface area contributed by atoms with E-state index < -0.39 is 5.92 Å². The molecule has 148 valence electrons. The summed E-state index contributed by atoms with van der Waals surface area (Å²) < 4.78 is 5.39. The summed E-state index contributed by atoms with van der Waals surface area (Å²) in [4.78, 5) is 35.5. The number of hydrogen-bond acceptors (Lipinski definition) is 6. The maximum Gasteiger partial charge on any atom is 0.231 e. The highest BCUT2D eigenvalue weighted by Crippen LogP contribution is 2.34. The first-order valence-corrected chi connectivity index (χ1v) is 10.0. The standard InChI is InChI=1S/C21H20N4O3S/c1-13-5-6-18(28-2)17(8-13)25-11-15(9-19(25)26)20(27)24-21-23-16(12-29-21)14-4-3-7-22-10-14/h3-8,10,12,15H,9,11H2,1-2H3,(H,23,24,27). The Morgan fingerprint density at radius 3 is 2.97 bits per heavy atom. The second-order valence-electron chi connectivity index (χ2n) is 6.85. The maximum atomic E-state index is 12.7. The molecule has 3 aromatic rings. The average molecular weight is 408 g/mol. The van der Waals surface area contributed by atoms with Crippen molar-refractivity contribution in [2.75, 3.05) is 23.9 Å². The fourth-order valence-electron chi connectivity index (χ4n) is 3.31. The van der Waals surface area contributed by atoms with Crippen molar-refractivity contribution in [2.45, 2.75) is 13.3 Å². The molecule has 4 rings (SSSR count). The molecular weight excluding hydrogens is 388 g/mol. The van der Waals surface area contributed by atoms with Gasteiger partial charge in [0, 0.05) is 36.3 Å². The molecule has 1 aliphatic heterocycles. The smallest absolute Gasteiger partial charge is 0.231 e. The zero-order valence-electron chi connectivity index (χ0n) is 16.1. The van der Waals surface area contributed by atoms with Gasteiger partial charge in [0.15, 0.2) is 5.13 Å². The molecule has 3 heterocycles. The minimum Gasteiger partial charge on any atom is -0.495 e. The Kier molecular flexibility index (Phi) is 5.26. The van der Waals surface area contributed by atoms with Crippen molar-refractivity contribution < 1.29 is 14.3 Å². The number of nitrogens with one attached hydrogen (secondary N) is 1. The molecule has 1 aliphatic rings. The molecule has 0 bridgehead atoms. The number of aromatic nitrogens is 2. The van der Waals surface area contributed by atoms with Gasteiger partial charge in [0.2, 0.25) is 11.8 Å². The molecule has 1 N–H and O–H groups in total. The molecule has 29 heavy (non-hydrogen) atoms. The third-order valence-corrected chi connectivity index (χ3v) is 5.57. The number of nitrogens with zero attached hydrogens (tertiary/aromatic N) is 3. The second kappa shape index (κ2) is 8.00. The van der Waals surface area contributed by atoms with Crippen molar-refractivity contribution in [3.63, 3.8) is 0 Å². The van der Waals surface area contributed by atoms with Crippen molar-refractivity contribution in [1.82, 2.24) is 9.97 Å². The van der Waals surface area contributed by atoms with Gasteiger partial charge < -0.3 is 15.0 Å². The molecule has 8 heteroatoms. The quantitative estimate of drug-likeness (QED) is 0.698. The number of carbonyl (C=O) groups is 2. The largest absolute Gasteiger partial charge is 0.495 e. The van der Waals surface area contributed by atoms with Crippen LogP contribution in [0.4, 0.5) is 10.8 Å². The summed E-state index contributed by atoms with van der Waals surface area (Å²) in [6.07, 6.45) is 3.58. The lowest BCUT2D eigenvalue weighted by Gasteiger charge is -2.20. The summed E-state index contributed by atoms with van der Waals surface area (Å²) in [5.41, 5.74) is 3.36. The van der Waals surface area contributed by atoms with Gasteiger partial charge in [-0.2, -0.15) is 0 Å². The molecule has 2 aromatic heterocycles.